The summed E-state index contributed by atoms with van der Waals surface area (Å²) in [6.45, 7) is 7.41. The Morgan fingerprint density at radius 2 is 2.31 bits per heavy atom. The fraction of sp³-hybridized carbons (Fsp3) is 0.455. The number of rotatable bonds is 4. The first-order valence-electron chi connectivity index (χ1n) is 4.64. The summed E-state index contributed by atoms with van der Waals surface area (Å²) in [5.74, 6) is 0. The number of hydrogen-bond donors (Lipinski definition) is 1. The van der Waals surface area contributed by atoms with Gasteiger partial charge in [0, 0.05) is 17.5 Å². The molecule has 0 amide bonds. The second kappa shape index (κ2) is 5.20. The van der Waals surface area contributed by atoms with Gasteiger partial charge in [0.1, 0.15) is 0 Å². The Morgan fingerprint density at radius 1 is 1.54 bits per heavy atom. The van der Waals surface area contributed by atoms with E-state index in [9.17, 15) is 0 Å². The SMILES string of the molecule is Cc1ccsc1C=CCNC(C)C. The zero-order valence-electron chi connectivity index (χ0n) is 8.50. The van der Waals surface area contributed by atoms with E-state index < -0.39 is 0 Å². The molecule has 0 atom stereocenters. The maximum Gasteiger partial charge on any atom is 0.0296 e. The maximum atomic E-state index is 3.35. The largest absolute Gasteiger partial charge is 0.311 e. The first-order valence-corrected chi connectivity index (χ1v) is 5.52. The Bertz CT molecular complexity index is 273. The minimum absolute atomic E-state index is 0.564. The summed E-state index contributed by atoms with van der Waals surface area (Å²) in [6.07, 6.45) is 4.37. The molecule has 1 N–H and O–H groups in total. The molecule has 0 bridgehead atoms. The van der Waals surface area contributed by atoms with Gasteiger partial charge in [-0.25, -0.2) is 0 Å². The van der Waals surface area contributed by atoms with Crippen LogP contribution in [-0.2, 0) is 0 Å². The van der Waals surface area contributed by atoms with Crippen molar-refractivity contribution >= 4 is 17.4 Å². The van der Waals surface area contributed by atoms with Crippen LogP contribution in [-0.4, -0.2) is 12.6 Å². The fourth-order valence-electron chi connectivity index (χ4n) is 1.02. The molecule has 13 heavy (non-hydrogen) atoms. The van der Waals surface area contributed by atoms with E-state index in [0.717, 1.165) is 6.54 Å². The van der Waals surface area contributed by atoms with Crippen molar-refractivity contribution in [2.45, 2.75) is 26.8 Å². The molecule has 1 heterocycles. The van der Waals surface area contributed by atoms with Crippen molar-refractivity contribution in [3.63, 3.8) is 0 Å². The van der Waals surface area contributed by atoms with Gasteiger partial charge in [0.05, 0.1) is 0 Å². The summed E-state index contributed by atoms with van der Waals surface area (Å²) in [4.78, 5) is 1.37. The molecular formula is C11H17NS. The molecular weight excluding hydrogens is 178 g/mol. The Balaban J connectivity index is 2.37. The summed E-state index contributed by atoms with van der Waals surface area (Å²) in [6, 6.07) is 2.72. The Labute approximate surface area is 84.5 Å². The van der Waals surface area contributed by atoms with Crippen LogP contribution < -0.4 is 5.32 Å². The van der Waals surface area contributed by atoms with Crippen LogP contribution in [0.15, 0.2) is 17.5 Å². The lowest BCUT2D eigenvalue weighted by Crippen LogP contribution is -2.22. The molecule has 0 aliphatic rings. The molecule has 1 rings (SSSR count). The maximum absolute atomic E-state index is 3.35. The highest BCUT2D eigenvalue weighted by Crippen LogP contribution is 2.16. The second-order valence-corrected chi connectivity index (χ2v) is 4.38. The highest BCUT2D eigenvalue weighted by molar-refractivity contribution is 7.11. The fourth-order valence-corrected chi connectivity index (χ4v) is 1.87. The van der Waals surface area contributed by atoms with Gasteiger partial charge in [0.2, 0.25) is 0 Å². The molecule has 0 radical (unpaired) electrons. The molecule has 72 valence electrons. The molecule has 2 heteroatoms. The third kappa shape index (κ3) is 3.75. The van der Waals surface area contributed by atoms with Crippen LogP contribution in [0.2, 0.25) is 0 Å². The molecule has 0 aliphatic carbocycles. The summed E-state index contributed by atoms with van der Waals surface area (Å²) < 4.78 is 0. The highest BCUT2D eigenvalue weighted by atomic mass is 32.1. The van der Waals surface area contributed by atoms with Crippen molar-refractivity contribution in [3.05, 3.63) is 28.0 Å². The zero-order chi connectivity index (χ0) is 9.68. The molecule has 0 aliphatic heterocycles. The standard InChI is InChI=1S/C11H17NS/c1-9(2)12-7-4-5-11-10(3)6-8-13-11/h4-6,8-9,12H,7H2,1-3H3. The monoisotopic (exact) mass is 195 g/mol. The van der Waals surface area contributed by atoms with Crippen LogP contribution in [0.3, 0.4) is 0 Å². The third-order valence-corrected chi connectivity index (χ3v) is 2.80. The van der Waals surface area contributed by atoms with E-state index in [-0.39, 0.29) is 0 Å². The van der Waals surface area contributed by atoms with Crippen molar-refractivity contribution < 1.29 is 0 Å². The van der Waals surface area contributed by atoms with Gasteiger partial charge in [-0.3, -0.25) is 0 Å². The second-order valence-electron chi connectivity index (χ2n) is 3.43. The van der Waals surface area contributed by atoms with E-state index in [1.807, 2.05) is 0 Å². The Kier molecular flexibility index (Phi) is 4.19. The molecule has 0 fully saturated rings. The summed E-state index contributed by atoms with van der Waals surface area (Å²) in [5.41, 5.74) is 1.37. The van der Waals surface area contributed by atoms with Crippen LogP contribution in [0.4, 0.5) is 0 Å². The van der Waals surface area contributed by atoms with Crippen molar-refractivity contribution in [3.8, 4) is 0 Å². The number of nitrogens with one attached hydrogen (secondary N) is 1. The van der Waals surface area contributed by atoms with Crippen molar-refractivity contribution in [1.29, 1.82) is 0 Å². The van der Waals surface area contributed by atoms with Gasteiger partial charge in [-0.05, 0) is 30.0 Å². The molecule has 0 aromatic carbocycles. The lowest BCUT2D eigenvalue weighted by Gasteiger charge is -2.02. The molecule has 1 aromatic heterocycles. The highest BCUT2D eigenvalue weighted by Gasteiger charge is 1.93. The van der Waals surface area contributed by atoms with Gasteiger partial charge in [0.25, 0.3) is 0 Å². The van der Waals surface area contributed by atoms with Gasteiger partial charge in [-0.1, -0.05) is 19.9 Å². The normalized spacial score (nSPS) is 11.7. The number of aryl methyl sites for hydroxylation is 1. The first kappa shape index (κ1) is 10.5. The molecule has 1 nitrogen and oxygen atoms in total. The summed E-state index contributed by atoms with van der Waals surface area (Å²) >= 11 is 1.79. The molecule has 0 saturated heterocycles. The minimum atomic E-state index is 0.564. The van der Waals surface area contributed by atoms with Crippen LogP contribution in [0.1, 0.15) is 24.3 Å². The predicted octanol–water partition coefficient (Wildman–Crippen LogP) is 3.07. The van der Waals surface area contributed by atoms with Crippen molar-refractivity contribution in [1.82, 2.24) is 5.32 Å². The van der Waals surface area contributed by atoms with Gasteiger partial charge >= 0.3 is 0 Å². The average molecular weight is 195 g/mol. The predicted molar refractivity (Wildman–Crippen MR) is 61.2 cm³/mol. The van der Waals surface area contributed by atoms with Crippen LogP contribution in [0.5, 0.6) is 0 Å². The molecule has 0 saturated carbocycles. The summed E-state index contributed by atoms with van der Waals surface area (Å²) in [7, 11) is 0. The first-order chi connectivity index (χ1) is 6.20. The van der Waals surface area contributed by atoms with E-state index in [4.69, 9.17) is 0 Å². The van der Waals surface area contributed by atoms with E-state index in [1.165, 1.54) is 10.4 Å². The third-order valence-electron chi connectivity index (χ3n) is 1.81. The van der Waals surface area contributed by atoms with Crippen LogP contribution >= 0.6 is 11.3 Å². The average Bonchev–Trinajstić information content (AvgIpc) is 2.45. The van der Waals surface area contributed by atoms with Gasteiger partial charge in [0.15, 0.2) is 0 Å². The molecule has 1 aromatic rings. The molecule has 0 spiro atoms. The Hall–Kier alpha value is -0.600. The van der Waals surface area contributed by atoms with Crippen molar-refractivity contribution in [2.75, 3.05) is 6.54 Å². The van der Waals surface area contributed by atoms with Gasteiger partial charge in [-0.2, -0.15) is 0 Å². The lowest BCUT2D eigenvalue weighted by molar-refractivity contribution is 0.633. The van der Waals surface area contributed by atoms with Crippen LogP contribution in [0.25, 0.3) is 6.08 Å². The zero-order valence-corrected chi connectivity index (χ0v) is 9.32. The van der Waals surface area contributed by atoms with Gasteiger partial charge < -0.3 is 5.32 Å². The van der Waals surface area contributed by atoms with E-state index in [1.54, 1.807) is 11.3 Å². The lowest BCUT2D eigenvalue weighted by atomic mass is 10.3. The van der Waals surface area contributed by atoms with E-state index >= 15 is 0 Å². The Morgan fingerprint density at radius 3 is 2.85 bits per heavy atom. The van der Waals surface area contributed by atoms with Crippen LogP contribution in [0, 0.1) is 6.92 Å². The topological polar surface area (TPSA) is 12.0 Å². The molecule has 0 unspecified atom stereocenters. The van der Waals surface area contributed by atoms with Gasteiger partial charge in [-0.15, -0.1) is 11.3 Å². The summed E-state index contributed by atoms with van der Waals surface area (Å²) in [5, 5.41) is 5.48. The van der Waals surface area contributed by atoms with E-state index in [0.29, 0.717) is 6.04 Å². The van der Waals surface area contributed by atoms with E-state index in [2.05, 4.69) is 49.7 Å². The minimum Gasteiger partial charge on any atom is -0.311 e. The smallest absolute Gasteiger partial charge is 0.0296 e. The van der Waals surface area contributed by atoms with Crippen molar-refractivity contribution in [2.24, 2.45) is 0 Å². The quantitative estimate of drug-likeness (QED) is 0.778. The number of thiophene rings is 1. The number of hydrogen-bond acceptors (Lipinski definition) is 2.